The molecule has 2 N–H and O–H groups in total. The lowest BCUT2D eigenvalue weighted by molar-refractivity contribution is -0.121. The van der Waals surface area contributed by atoms with Gasteiger partial charge >= 0.3 is 0 Å². The molecule has 34 heavy (non-hydrogen) atoms. The number of fused-ring (bicyclic) bond motifs is 1. The van der Waals surface area contributed by atoms with Crippen LogP contribution in [0.2, 0.25) is 0 Å². The van der Waals surface area contributed by atoms with E-state index in [1.165, 1.54) is 22.9 Å². The number of nitrogens with one attached hydrogen (secondary N) is 2. The monoisotopic (exact) mass is 472 g/mol. The van der Waals surface area contributed by atoms with Gasteiger partial charge in [-0.1, -0.05) is 59.8 Å². The number of aryl methyl sites for hydroxylation is 3. The molecule has 7 heteroatoms. The molecule has 0 saturated heterocycles. The van der Waals surface area contributed by atoms with Gasteiger partial charge in [-0.3, -0.25) is 9.59 Å². The lowest BCUT2D eigenvalue weighted by atomic mass is 10.1. The molecule has 0 aliphatic rings. The first-order valence-electron chi connectivity index (χ1n) is 11.2. The van der Waals surface area contributed by atoms with E-state index in [0.29, 0.717) is 11.7 Å². The summed E-state index contributed by atoms with van der Waals surface area (Å²) in [5, 5.41) is 6.56. The van der Waals surface area contributed by atoms with Crippen LogP contribution in [0.1, 0.15) is 22.3 Å². The summed E-state index contributed by atoms with van der Waals surface area (Å²) in [4.78, 5) is 30.0. The summed E-state index contributed by atoms with van der Waals surface area (Å²) in [7, 11) is 0. The van der Waals surface area contributed by atoms with Crippen LogP contribution in [0.25, 0.3) is 11.0 Å². The van der Waals surface area contributed by atoms with Crippen LogP contribution in [0, 0.1) is 20.8 Å². The molecule has 174 valence electrons. The Hall–Kier alpha value is -3.58. The van der Waals surface area contributed by atoms with E-state index in [9.17, 15) is 9.59 Å². The minimum atomic E-state index is -0.115. The molecule has 0 fully saturated rings. The van der Waals surface area contributed by atoms with Crippen molar-refractivity contribution >= 4 is 40.3 Å². The van der Waals surface area contributed by atoms with Crippen molar-refractivity contribution < 1.29 is 9.59 Å². The van der Waals surface area contributed by atoms with Gasteiger partial charge in [0, 0.05) is 12.2 Å². The van der Waals surface area contributed by atoms with Gasteiger partial charge in [0.15, 0.2) is 5.16 Å². The van der Waals surface area contributed by atoms with E-state index in [4.69, 9.17) is 0 Å². The van der Waals surface area contributed by atoms with Crippen LogP contribution in [0.3, 0.4) is 0 Å². The second-order valence-electron chi connectivity index (χ2n) is 8.37. The third kappa shape index (κ3) is 5.85. The van der Waals surface area contributed by atoms with Crippen LogP contribution in [0.5, 0.6) is 0 Å². The Labute approximate surface area is 203 Å². The van der Waals surface area contributed by atoms with Crippen LogP contribution >= 0.6 is 11.8 Å². The first kappa shape index (κ1) is 23.6. The number of anilines is 1. The number of carbonyl (C=O) groups excluding carboxylic acids is 2. The van der Waals surface area contributed by atoms with Crippen molar-refractivity contribution in [3.63, 3.8) is 0 Å². The number of thioether (sulfide) groups is 1. The summed E-state index contributed by atoms with van der Waals surface area (Å²) in [6.07, 6.45) is 0. The number of aromatic nitrogens is 2. The fraction of sp³-hybridized carbons (Fsp3) is 0.222. The molecule has 4 aromatic rings. The second-order valence-corrected chi connectivity index (χ2v) is 9.31. The number of hydrogen-bond acceptors (Lipinski definition) is 4. The molecule has 1 heterocycles. The van der Waals surface area contributed by atoms with E-state index in [-0.39, 0.29) is 24.1 Å². The summed E-state index contributed by atoms with van der Waals surface area (Å²) < 4.78 is 1.87. The smallest absolute Gasteiger partial charge is 0.240 e. The lowest BCUT2D eigenvalue weighted by Crippen LogP contribution is -2.27. The zero-order valence-corrected chi connectivity index (χ0v) is 20.4. The maximum atomic E-state index is 12.7. The number of amides is 2. The van der Waals surface area contributed by atoms with E-state index in [1.807, 2.05) is 92.1 Å². The molecule has 3 aromatic carbocycles. The number of carbonyl (C=O) groups is 2. The van der Waals surface area contributed by atoms with Gasteiger partial charge in [-0.25, -0.2) is 4.98 Å². The first-order chi connectivity index (χ1) is 16.4. The molecular weight excluding hydrogens is 444 g/mol. The Morgan fingerprint density at radius 2 is 1.68 bits per heavy atom. The molecule has 6 nitrogen and oxygen atoms in total. The Balaban J connectivity index is 1.42. The van der Waals surface area contributed by atoms with Crippen molar-refractivity contribution in [2.24, 2.45) is 0 Å². The van der Waals surface area contributed by atoms with Crippen LogP contribution in [-0.4, -0.2) is 27.1 Å². The Bertz CT molecular complexity index is 1330. The average Bonchev–Trinajstić information content (AvgIpc) is 3.17. The third-order valence-electron chi connectivity index (χ3n) is 5.65. The van der Waals surface area contributed by atoms with E-state index < -0.39 is 0 Å². The zero-order valence-electron chi connectivity index (χ0n) is 19.6. The maximum Gasteiger partial charge on any atom is 0.240 e. The van der Waals surface area contributed by atoms with Crippen LogP contribution in [0.15, 0.2) is 71.9 Å². The Morgan fingerprint density at radius 3 is 2.44 bits per heavy atom. The van der Waals surface area contributed by atoms with Gasteiger partial charge in [0.05, 0.1) is 16.8 Å². The fourth-order valence-corrected chi connectivity index (χ4v) is 4.38. The largest absolute Gasteiger partial charge is 0.350 e. The first-order valence-corrected chi connectivity index (χ1v) is 12.1. The number of hydrogen-bond donors (Lipinski definition) is 2. The van der Waals surface area contributed by atoms with E-state index in [2.05, 4.69) is 15.6 Å². The van der Waals surface area contributed by atoms with Crippen molar-refractivity contribution in [2.45, 2.75) is 39.0 Å². The number of nitrogens with zero attached hydrogens (tertiary/aromatic N) is 2. The van der Waals surface area contributed by atoms with E-state index in [1.54, 1.807) is 0 Å². The highest BCUT2D eigenvalue weighted by Crippen LogP contribution is 2.24. The summed E-state index contributed by atoms with van der Waals surface area (Å²) in [5.41, 5.74) is 6.98. The van der Waals surface area contributed by atoms with Crippen molar-refractivity contribution in [1.29, 1.82) is 0 Å². The molecule has 0 bridgehead atoms. The van der Waals surface area contributed by atoms with Gasteiger partial charge in [-0.2, -0.15) is 0 Å². The SMILES string of the molecule is Cc1ccc(CNC(=O)Cn2c(SCC(=O)Nc3ccc(C)c(C)c3)nc3ccccc32)cc1. The Morgan fingerprint density at radius 1 is 0.912 bits per heavy atom. The lowest BCUT2D eigenvalue weighted by Gasteiger charge is -2.11. The van der Waals surface area contributed by atoms with Crippen LogP contribution in [0.4, 0.5) is 5.69 Å². The van der Waals surface area contributed by atoms with Gasteiger partial charge in [0.1, 0.15) is 6.54 Å². The molecular formula is C27H28N4O2S. The quantitative estimate of drug-likeness (QED) is 0.354. The highest BCUT2D eigenvalue weighted by Gasteiger charge is 2.16. The number of rotatable bonds is 8. The molecule has 0 aliphatic heterocycles. The average molecular weight is 473 g/mol. The summed E-state index contributed by atoms with van der Waals surface area (Å²) in [6.45, 7) is 6.69. The number of imidazole rings is 1. The maximum absolute atomic E-state index is 12.7. The molecule has 0 atom stereocenters. The van der Waals surface area contributed by atoms with Crippen molar-refractivity contribution in [3.05, 3.63) is 89.0 Å². The van der Waals surface area contributed by atoms with Crippen LogP contribution < -0.4 is 10.6 Å². The zero-order chi connectivity index (χ0) is 24.1. The van der Waals surface area contributed by atoms with Crippen molar-refractivity contribution in [2.75, 3.05) is 11.1 Å². The van der Waals surface area contributed by atoms with E-state index in [0.717, 1.165) is 27.8 Å². The molecule has 1 aromatic heterocycles. The minimum Gasteiger partial charge on any atom is -0.350 e. The van der Waals surface area contributed by atoms with E-state index >= 15 is 0 Å². The predicted octanol–water partition coefficient (Wildman–Crippen LogP) is 5.01. The highest BCUT2D eigenvalue weighted by molar-refractivity contribution is 7.99. The molecule has 0 saturated carbocycles. The van der Waals surface area contributed by atoms with Crippen molar-refractivity contribution in [3.8, 4) is 0 Å². The van der Waals surface area contributed by atoms with Crippen LogP contribution in [-0.2, 0) is 22.7 Å². The molecule has 0 radical (unpaired) electrons. The van der Waals surface area contributed by atoms with Crippen molar-refractivity contribution in [1.82, 2.24) is 14.9 Å². The van der Waals surface area contributed by atoms with Gasteiger partial charge in [-0.05, 0) is 61.7 Å². The molecule has 4 rings (SSSR count). The normalized spacial score (nSPS) is 10.9. The fourth-order valence-electron chi connectivity index (χ4n) is 3.57. The molecule has 0 spiro atoms. The summed E-state index contributed by atoms with van der Waals surface area (Å²) in [5.74, 6) is -0.0258. The predicted molar refractivity (Wildman–Crippen MR) is 138 cm³/mol. The second kappa shape index (κ2) is 10.6. The third-order valence-corrected chi connectivity index (χ3v) is 6.63. The summed E-state index contributed by atoms with van der Waals surface area (Å²) >= 11 is 1.33. The van der Waals surface area contributed by atoms with Gasteiger partial charge in [-0.15, -0.1) is 0 Å². The summed E-state index contributed by atoms with van der Waals surface area (Å²) in [6, 6.07) is 21.6. The number of para-hydroxylation sites is 2. The molecule has 0 unspecified atom stereocenters. The molecule has 2 amide bonds. The van der Waals surface area contributed by atoms with Gasteiger partial charge in [0.25, 0.3) is 0 Å². The topological polar surface area (TPSA) is 76.0 Å². The van der Waals surface area contributed by atoms with Gasteiger partial charge in [0.2, 0.25) is 11.8 Å². The van der Waals surface area contributed by atoms with Gasteiger partial charge < -0.3 is 15.2 Å². The Kier molecular flexibility index (Phi) is 7.33. The molecule has 0 aliphatic carbocycles. The highest BCUT2D eigenvalue weighted by atomic mass is 32.2. The minimum absolute atomic E-state index is 0.106. The number of benzene rings is 3. The standard InChI is InChI=1S/C27H28N4O2S/c1-18-8-11-21(12-9-18)15-28-25(32)16-31-24-7-5-4-6-23(24)30-27(31)34-17-26(33)29-22-13-10-19(2)20(3)14-22/h4-14H,15-17H2,1-3H3,(H,28,32)(H,29,33).